The highest BCUT2D eigenvalue weighted by molar-refractivity contribution is 5.74. The number of nitrogens with zero attached hydrogens (tertiary/aromatic N) is 1. The van der Waals surface area contributed by atoms with Crippen molar-refractivity contribution in [2.45, 2.75) is 38.3 Å². The van der Waals surface area contributed by atoms with Gasteiger partial charge in [-0.15, -0.1) is 0 Å². The van der Waals surface area contributed by atoms with Crippen molar-refractivity contribution in [2.75, 3.05) is 27.2 Å². The minimum atomic E-state index is -0.376. The summed E-state index contributed by atoms with van der Waals surface area (Å²) in [5, 5.41) is 15.0. The van der Waals surface area contributed by atoms with Crippen molar-refractivity contribution in [1.29, 1.82) is 0 Å². The van der Waals surface area contributed by atoms with Gasteiger partial charge in [-0.3, -0.25) is 0 Å². The second kappa shape index (κ2) is 8.76. The Kier molecular flexibility index (Phi) is 7.35. The zero-order valence-electron chi connectivity index (χ0n) is 14.1. The van der Waals surface area contributed by atoms with Gasteiger partial charge in [-0.1, -0.05) is 37.3 Å². The fourth-order valence-electron chi connectivity index (χ4n) is 2.36. The van der Waals surface area contributed by atoms with Gasteiger partial charge in [0.05, 0.1) is 6.04 Å². The first-order chi connectivity index (χ1) is 10.4. The second-order valence-corrected chi connectivity index (χ2v) is 6.11. The van der Waals surface area contributed by atoms with Gasteiger partial charge in [0.1, 0.15) is 0 Å². The molecule has 0 aliphatic carbocycles. The standard InChI is InChI=1S/C17H29N3O2/c1-5-17(2,11-12-21)19-16(22)18-13-15(20(3)4)14-9-7-6-8-10-14/h6-10,15,21H,5,11-13H2,1-4H3,(H2,18,19,22). The van der Waals surface area contributed by atoms with Crippen LogP contribution in [0.25, 0.3) is 0 Å². The number of nitrogens with one attached hydrogen (secondary N) is 2. The van der Waals surface area contributed by atoms with E-state index < -0.39 is 0 Å². The Morgan fingerprint density at radius 3 is 2.45 bits per heavy atom. The topological polar surface area (TPSA) is 64.6 Å². The third-order valence-electron chi connectivity index (χ3n) is 4.12. The lowest BCUT2D eigenvalue weighted by Gasteiger charge is -2.30. The van der Waals surface area contributed by atoms with Crippen LogP contribution >= 0.6 is 0 Å². The van der Waals surface area contributed by atoms with Gasteiger partial charge in [-0.25, -0.2) is 4.79 Å². The molecule has 2 unspecified atom stereocenters. The number of rotatable bonds is 8. The third kappa shape index (κ3) is 5.66. The van der Waals surface area contributed by atoms with Crippen LogP contribution in [-0.4, -0.2) is 48.8 Å². The summed E-state index contributed by atoms with van der Waals surface area (Å²) >= 11 is 0. The van der Waals surface area contributed by atoms with E-state index in [2.05, 4.69) is 27.7 Å². The van der Waals surface area contributed by atoms with Crippen molar-refractivity contribution < 1.29 is 9.90 Å². The molecule has 5 heteroatoms. The van der Waals surface area contributed by atoms with Gasteiger partial charge in [0.25, 0.3) is 0 Å². The minimum absolute atomic E-state index is 0.0644. The van der Waals surface area contributed by atoms with Crippen LogP contribution in [0.2, 0.25) is 0 Å². The van der Waals surface area contributed by atoms with Crippen molar-refractivity contribution in [3.63, 3.8) is 0 Å². The molecule has 0 saturated carbocycles. The van der Waals surface area contributed by atoms with Crippen LogP contribution in [0.15, 0.2) is 30.3 Å². The fraction of sp³-hybridized carbons (Fsp3) is 0.588. The summed E-state index contributed by atoms with van der Waals surface area (Å²) in [6.07, 6.45) is 1.32. The molecule has 22 heavy (non-hydrogen) atoms. The van der Waals surface area contributed by atoms with E-state index in [1.807, 2.05) is 46.1 Å². The average Bonchev–Trinajstić information content (AvgIpc) is 2.48. The normalized spacial score (nSPS) is 15.2. The fourth-order valence-corrected chi connectivity index (χ4v) is 2.36. The Bertz CT molecular complexity index is 450. The monoisotopic (exact) mass is 307 g/mol. The molecule has 0 heterocycles. The maximum absolute atomic E-state index is 12.1. The minimum Gasteiger partial charge on any atom is -0.396 e. The van der Waals surface area contributed by atoms with Crippen LogP contribution < -0.4 is 10.6 Å². The summed E-state index contributed by atoms with van der Waals surface area (Å²) in [7, 11) is 4.00. The SMILES string of the molecule is CCC(C)(CCO)NC(=O)NCC(c1ccccc1)N(C)C. The molecule has 0 aliphatic heterocycles. The summed E-state index contributed by atoms with van der Waals surface area (Å²) in [5.74, 6) is 0. The highest BCUT2D eigenvalue weighted by Gasteiger charge is 2.24. The van der Waals surface area contributed by atoms with Crippen molar-refractivity contribution in [3.05, 3.63) is 35.9 Å². The zero-order valence-corrected chi connectivity index (χ0v) is 14.1. The van der Waals surface area contributed by atoms with E-state index in [0.29, 0.717) is 13.0 Å². The smallest absolute Gasteiger partial charge is 0.315 e. The Morgan fingerprint density at radius 1 is 1.32 bits per heavy atom. The van der Waals surface area contributed by atoms with Crippen LogP contribution in [-0.2, 0) is 0 Å². The van der Waals surface area contributed by atoms with Gasteiger partial charge >= 0.3 is 6.03 Å². The molecular formula is C17H29N3O2. The van der Waals surface area contributed by atoms with Gasteiger partial charge in [0.15, 0.2) is 0 Å². The predicted octanol–water partition coefficient (Wildman–Crippen LogP) is 2.14. The van der Waals surface area contributed by atoms with E-state index in [1.54, 1.807) is 0 Å². The number of hydrogen-bond donors (Lipinski definition) is 3. The third-order valence-corrected chi connectivity index (χ3v) is 4.12. The quantitative estimate of drug-likeness (QED) is 0.689. The first-order valence-corrected chi connectivity index (χ1v) is 7.80. The van der Waals surface area contributed by atoms with E-state index in [-0.39, 0.29) is 24.2 Å². The summed E-state index contributed by atoms with van der Waals surface area (Å²) < 4.78 is 0. The van der Waals surface area contributed by atoms with Crippen LogP contribution in [0, 0.1) is 0 Å². The van der Waals surface area contributed by atoms with Crippen LogP contribution in [0.3, 0.4) is 0 Å². The summed E-state index contributed by atoms with van der Waals surface area (Å²) in [6.45, 7) is 4.54. The van der Waals surface area contributed by atoms with Crippen molar-refractivity contribution in [2.24, 2.45) is 0 Å². The van der Waals surface area contributed by atoms with Gasteiger partial charge in [-0.2, -0.15) is 0 Å². The summed E-state index contributed by atoms with van der Waals surface area (Å²) in [5.41, 5.74) is 0.792. The molecule has 3 N–H and O–H groups in total. The van der Waals surface area contributed by atoms with Crippen LogP contribution in [0.1, 0.15) is 38.3 Å². The lowest BCUT2D eigenvalue weighted by molar-refractivity contribution is 0.197. The van der Waals surface area contributed by atoms with Gasteiger partial charge < -0.3 is 20.6 Å². The number of benzene rings is 1. The van der Waals surface area contributed by atoms with Gasteiger partial charge in [0, 0.05) is 18.7 Å². The molecule has 5 nitrogen and oxygen atoms in total. The molecule has 124 valence electrons. The number of carbonyl (C=O) groups excluding carboxylic acids is 1. The average molecular weight is 307 g/mol. The first kappa shape index (κ1) is 18.5. The van der Waals surface area contributed by atoms with Crippen LogP contribution in [0.4, 0.5) is 4.79 Å². The molecule has 0 bridgehead atoms. The largest absolute Gasteiger partial charge is 0.396 e. The van der Waals surface area contributed by atoms with Gasteiger partial charge in [0.2, 0.25) is 0 Å². The molecule has 1 rings (SSSR count). The molecule has 2 amide bonds. The maximum Gasteiger partial charge on any atom is 0.315 e. The van der Waals surface area contributed by atoms with E-state index in [9.17, 15) is 4.79 Å². The highest BCUT2D eigenvalue weighted by Crippen LogP contribution is 2.17. The van der Waals surface area contributed by atoms with E-state index >= 15 is 0 Å². The Morgan fingerprint density at radius 2 is 1.95 bits per heavy atom. The first-order valence-electron chi connectivity index (χ1n) is 7.80. The van der Waals surface area contributed by atoms with Gasteiger partial charge in [-0.05, 0) is 39.4 Å². The van der Waals surface area contributed by atoms with E-state index in [0.717, 1.165) is 6.42 Å². The Balaban J connectivity index is 2.60. The van der Waals surface area contributed by atoms with E-state index in [4.69, 9.17) is 5.11 Å². The lowest BCUT2D eigenvalue weighted by Crippen LogP contribution is -2.51. The molecule has 0 spiro atoms. The van der Waals surface area contributed by atoms with Crippen molar-refractivity contribution >= 4 is 6.03 Å². The molecule has 2 atom stereocenters. The molecule has 0 radical (unpaired) electrons. The number of amides is 2. The van der Waals surface area contributed by atoms with Crippen molar-refractivity contribution in [1.82, 2.24) is 15.5 Å². The zero-order chi connectivity index (χ0) is 16.6. The van der Waals surface area contributed by atoms with E-state index in [1.165, 1.54) is 5.56 Å². The Hall–Kier alpha value is -1.59. The molecule has 0 aromatic heterocycles. The number of urea groups is 1. The maximum atomic E-state index is 12.1. The highest BCUT2D eigenvalue weighted by atomic mass is 16.3. The number of likely N-dealkylation sites (N-methyl/N-ethyl adjacent to an activating group) is 1. The number of aliphatic hydroxyl groups excluding tert-OH is 1. The second-order valence-electron chi connectivity index (χ2n) is 6.11. The Labute approximate surface area is 133 Å². The molecule has 0 fully saturated rings. The number of hydrogen-bond acceptors (Lipinski definition) is 3. The number of carbonyl (C=O) groups is 1. The summed E-state index contributed by atoms with van der Waals surface area (Å²) in [6, 6.07) is 10.0. The van der Waals surface area contributed by atoms with Crippen LogP contribution in [0.5, 0.6) is 0 Å². The lowest BCUT2D eigenvalue weighted by atomic mass is 9.95. The molecule has 1 aromatic carbocycles. The van der Waals surface area contributed by atoms with Crippen molar-refractivity contribution in [3.8, 4) is 0 Å². The molecule has 1 aromatic rings. The molecule has 0 saturated heterocycles. The molecular weight excluding hydrogens is 278 g/mol. The number of aliphatic hydroxyl groups is 1. The molecule has 0 aliphatic rings. The predicted molar refractivity (Wildman–Crippen MR) is 89.8 cm³/mol. The summed E-state index contributed by atoms with van der Waals surface area (Å²) in [4.78, 5) is 14.2.